The van der Waals surface area contributed by atoms with Crippen molar-refractivity contribution >= 4 is 5.78 Å². The Hall–Kier alpha value is -1.72. The van der Waals surface area contributed by atoms with Gasteiger partial charge in [-0.1, -0.05) is 0 Å². The molecule has 1 fully saturated rings. The number of ether oxygens (including phenoxy) is 2. The highest BCUT2D eigenvalue weighted by Crippen LogP contribution is 2.30. The van der Waals surface area contributed by atoms with Crippen LogP contribution in [0.25, 0.3) is 0 Å². The molecule has 0 heterocycles. The largest absolute Gasteiger partial charge is 0.573 e. The lowest BCUT2D eigenvalue weighted by Gasteiger charge is -2.09. The van der Waals surface area contributed by atoms with E-state index < -0.39 is 6.36 Å². The zero-order valence-electron chi connectivity index (χ0n) is 9.37. The number of alkyl halides is 3. The Labute approximate surface area is 102 Å². The molecule has 0 aliphatic heterocycles. The van der Waals surface area contributed by atoms with E-state index >= 15 is 0 Å². The third-order valence-corrected chi connectivity index (χ3v) is 2.47. The fourth-order valence-electron chi connectivity index (χ4n) is 1.42. The van der Waals surface area contributed by atoms with Crippen molar-refractivity contribution in [2.24, 2.45) is 5.92 Å². The normalized spacial score (nSPS) is 15.3. The SMILES string of the molecule is O=C(COc1ccc(OC(F)(F)F)cc1)C1CC1. The molecule has 1 aliphatic rings. The molecule has 0 spiro atoms. The second-order valence-corrected chi connectivity index (χ2v) is 4.05. The molecule has 1 aromatic rings. The van der Waals surface area contributed by atoms with Crippen LogP contribution in [0.15, 0.2) is 24.3 Å². The van der Waals surface area contributed by atoms with E-state index in [2.05, 4.69) is 4.74 Å². The summed E-state index contributed by atoms with van der Waals surface area (Å²) in [6, 6.07) is 4.96. The number of carbonyl (C=O) groups is 1. The second-order valence-electron chi connectivity index (χ2n) is 4.05. The van der Waals surface area contributed by atoms with Gasteiger partial charge in [-0.3, -0.25) is 4.79 Å². The monoisotopic (exact) mass is 260 g/mol. The lowest BCUT2D eigenvalue weighted by molar-refractivity contribution is -0.274. The van der Waals surface area contributed by atoms with Gasteiger partial charge in [0.1, 0.15) is 18.1 Å². The minimum Gasteiger partial charge on any atom is -0.486 e. The van der Waals surface area contributed by atoms with Gasteiger partial charge in [0.25, 0.3) is 0 Å². The average molecular weight is 260 g/mol. The van der Waals surface area contributed by atoms with Crippen LogP contribution in [-0.4, -0.2) is 18.8 Å². The van der Waals surface area contributed by atoms with Gasteiger partial charge in [-0.05, 0) is 37.1 Å². The first kappa shape index (κ1) is 12.7. The first-order valence-electron chi connectivity index (χ1n) is 5.45. The van der Waals surface area contributed by atoms with Crippen LogP contribution >= 0.6 is 0 Å². The molecule has 6 heteroatoms. The molecule has 0 aromatic heterocycles. The zero-order valence-corrected chi connectivity index (χ0v) is 9.37. The third kappa shape index (κ3) is 3.94. The summed E-state index contributed by atoms with van der Waals surface area (Å²) in [5, 5.41) is 0. The summed E-state index contributed by atoms with van der Waals surface area (Å²) in [5.74, 6) is 0.172. The Bertz CT molecular complexity index is 421. The van der Waals surface area contributed by atoms with E-state index in [4.69, 9.17) is 4.74 Å². The van der Waals surface area contributed by atoms with Gasteiger partial charge in [0.2, 0.25) is 0 Å². The van der Waals surface area contributed by atoms with E-state index in [9.17, 15) is 18.0 Å². The molecule has 0 radical (unpaired) electrons. The van der Waals surface area contributed by atoms with Crippen LogP contribution in [0.1, 0.15) is 12.8 Å². The zero-order chi connectivity index (χ0) is 13.2. The van der Waals surface area contributed by atoms with Crippen molar-refractivity contribution in [2.45, 2.75) is 19.2 Å². The molecule has 0 amide bonds. The number of benzene rings is 1. The highest BCUT2D eigenvalue weighted by molar-refractivity contribution is 5.84. The van der Waals surface area contributed by atoms with E-state index in [-0.39, 0.29) is 24.1 Å². The highest BCUT2D eigenvalue weighted by Gasteiger charge is 2.31. The van der Waals surface area contributed by atoms with E-state index in [0.717, 1.165) is 25.0 Å². The molecule has 0 bridgehead atoms. The maximum atomic E-state index is 11.9. The molecule has 0 N–H and O–H groups in total. The van der Waals surface area contributed by atoms with Gasteiger partial charge >= 0.3 is 6.36 Å². The van der Waals surface area contributed by atoms with Gasteiger partial charge in [-0.15, -0.1) is 13.2 Å². The van der Waals surface area contributed by atoms with E-state index in [1.54, 1.807) is 0 Å². The van der Waals surface area contributed by atoms with Crippen LogP contribution in [0.5, 0.6) is 11.5 Å². The van der Waals surface area contributed by atoms with Gasteiger partial charge in [-0.25, -0.2) is 0 Å². The summed E-state index contributed by atoms with van der Waals surface area (Å²) >= 11 is 0. The number of hydrogen-bond acceptors (Lipinski definition) is 3. The summed E-state index contributed by atoms with van der Waals surface area (Å²) in [6.07, 6.45) is -2.90. The Morgan fingerprint density at radius 3 is 2.22 bits per heavy atom. The molecule has 1 aliphatic carbocycles. The van der Waals surface area contributed by atoms with E-state index in [0.29, 0.717) is 5.75 Å². The molecular formula is C12H11F3O3. The molecule has 3 nitrogen and oxygen atoms in total. The van der Waals surface area contributed by atoms with Gasteiger partial charge in [0, 0.05) is 5.92 Å². The van der Waals surface area contributed by atoms with Gasteiger partial charge in [0.05, 0.1) is 0 Å². The van der Waals surface area contributed by atoms with Crippen LogP contribution < -0.4 is 9.47 Å². The van der Waals surface area contributed by atoms with Gasteiger partial charge < -0.3 is 9.47 Å². The number of halogens is 3. The molecule has 0 saturated heterocycles. The van der Waals surface area contributed by atoms with Crippen molar-refractivity contribution in [1.82, 2.24) is 0 Å². The predicted molar refractivity (Wildman–Crippen MR) is 56.4 cm³/mol. The van der Waals surface area contributed by atoms with Crippen molar-refractivity contribution in [1.29, 1.82) is 0 Å². The summed E-state index contributed by atoms with van der Waals surface area (Å²) < 4.78 is 44.6. The standard InChI is InChI=1S/C12H11F3O3/c13-12(14,15)18-10-5-3-9(4-6-10)17-7-11(16)8-1-2-8/h3-6,8H,1-2,7H2. The van der Waals surface area contributed by atoms with Crippen molar-refractivity contribution < 1.29 is 27.4 Å². The maximum absolute atomic E-state index is 11.9. The van der Waals surface area contributed by atoms with E-state index in [1.807, 2.05) is 0 Å². The van der Waals surface area contributed by atoms with E-state index in [1.165, 1.54) is 12.1 Å². The third-order valence-electron chi connectivity index (χ3n) is 2.47. The predicted octanol–water partition coefficient (Wildman–Crippen LogP) is 2.94. The fraction of sp³-hybridized carbons (Fsp3) is 0.417. The number of hydrogen-bond donors (Lipinski definition) is 0. The molecular weight excluding hydrogens is 249 g/mol. The van der Waals surface area contributed by atoms with Crippen molar-refractivity contribution in [3.05, 3.63) is 24.3 Å². The Balaban J connectivity index is 1.85. The minimum absolute atomic E-state index is 0.0330. The van der Waals surface area contributed by atoms with Gasteiger partial charge in [-0.2, -0.15) is 0 Å². The number of rotatable bonds is 5. The van der Waals surface area contributed by atoms with Crippen LogP contribution in [0, 0.1) is 5.92 Å². The number of Topliss-reactive ketones (excluding diaryl/α,β-unsaturated/α-hetero) is 1. The van der Waals surface area contributed by atoms with Crippen LogP contribution in [0.4, 0.5) is 13.2 Å². The minimum atomic E-state index is -4.70. The quantitative estimate of drug-likeness (QED) is 0.816. The molecule has 0 unspecified atom stereocenters. The first-order valence-corrected chi connectivity index (χ1v) is 5.45. The maximum Gasteiger partial charge on any atom is 0.573 e. The van der Waals surface area contributed by atoms with Crippen LogP contribution in [-0.2, 0) is 4.79 Å². The number of ketones is 1. The molecule has 0 atom stereocenters. The lowest BCUT2D eigenvalue weighted by atomic mass is 10.3. The van der Waals surface area contributed by atoms with Crippen LogP contribution in [0.2, 0.25) is 0 Å². The molecule has 2 rings (SSSR count). The second kappa shape index (κ2) is 4.88. The average Bonchev–Trinajstić information content (AvgIpc) is 3.09. The molecule has 98 valence electrons. The summed E-state index contributed by atoms with van der Waals surface area (Å²) in [4.78, 5) is 11.3. The topological polar surface area (TPSA) is 35.5 Å². The Morgan fingerprint density at radius 1 is 1.17 bits per heavy atom. The van der Waals surface area contributed by atoms with Crippen molar-refractivity contribution in [3.63, 3.8) is 0 Å². The summed E-state index contributed by atoms with van der Waals surface area (Å²) in [5.41, 5.74) is 0. The molecule has 1 aromatic carbocycles. The van der Waals surface area contributed by atoms with Crippen molar-refractivity contribution in [2.75, 3.05) is 6.61 Å². The number of carbonyl (C=O) groups excluding carboxylic acids is 1. The molecule has 1 saturated carbocycles. The lowest BCUT2D eigenvalue weighted by Crippen LogP contribution is -2.17. The smallest absolute Gasteiger partial charge is 0.486 e. The first-order chi connectivity index (χ1) is 8.44. The highest BCUT2D eigenvalue weighted by atomic mass is 19.4. The summed E-state index contributed by atoms with van der Waals surface area (Å²) in [7, 11) is 0. The van der Waals surface area contributed by atoms with Gasteiger partial charge in [0.15, 0.2) is 5.78 Å². The summed E-state index contributed by atoms with van der Waals surface area (Å²) in [6.45, 7) is -0.0376. The Morgan fingerprint density at radius 2 is 1.72 bits per heavy atom. The van der Waals surface area contributed by atoms with Crippen LogP contribution in [0.3, 0.4) is 0 Å². The fourth-order valence-corrected chi connectivity index (χ4v) is 1.42. The Kier molecular flexibility index (Phi) is 3.45. The van der Waals surface area contributed by atoms with Crippen molar-refractivity contribution in [3.8, 4) is 11.5 Å². The molecule has 18 heavy (non-hydrogen) atoms.